The highest BCUT2D eigenvalue weighted by Gasteiger charge is 2.13. The number of amides is 2. The van der Waals surface area contributed by atoms with Gasteiger partial charge in [-0.15, -0.1) is 0 Å². The number of benzene rings is 2. The largest absolute Gasteiger partial charge is 0.323 e. The number of anilines is 2. The molecule has 2 amide bonds. The molecule has 0 bridgehead atoms. The van der Waals surface area contributed by atoms with Gasteiger partial charge in [0.15, 0.2) is 23.3 Å². The number of hydrogen-bond donors (Lipinski definition) is 2. The zero-order valence-corrected chi connectivity index (χ0v) is 9.88. The highest BCUT2D eigenvalue weighted by Crippen LogP contribution is 2.19. The Morgan fingerprint density at radius 2 is 1.15 bits per heavy atom. The molecule has 0 radical (unpaired) electrons. The van der Waals surface area contributed by atoms with Crippen LogP contribution in [-0.2, 0) is 0 Å². The van der Waals surface area contributed by atoms with Gasteiger partial charge in [0.1, 0.15) is 0 Å². The summed E-state index contributed by atoms with van der Waals surface area (Å²) < 4.78 is 52.4. The van der Waals surface area contributed by atoms with Crippen molar-refractivity contribution in [1.82, 2.24) is 0 Å². The Hall–Kier alpha value is -2.57. The van der Waals surface area contributed by atoms with Crippen LogP contribution in [0.15, 0.2) is 36.4 Å². The first-order chi connectivity index (χ1) is 9.49. The summed E-state index contributed by atoms with van der Waals surface area (Å²) in [4.78, 5) is 11.5. The van der Waals surface area contributed by atoms with Gasteiger partial charge < -0.3 is 10.6 Å². The van der Waals surface area contributed by atoms with Gasteiger partial charge in [-0.05, 0) is 24.3 Å². The van der Waals surface area contributed by atoms with Crippen LogP contribution in [0, 0.1) is 23.3 Å². The molecule has 0 atom stereocenters. The van der Waals surface area contributed by atoms with E-state index in [1.807, 2.05) is 10.6 Å². The van der Waals surface area contributed by atoms with Crippen LogP contribution in [0.1, 0.15) is 0 Å². The second kappa shape index (κ2) is 5.60. The van der Waals surface area contributed by atoms with E-state index in [9.17, 15) is 22.4 Å². The van der Waals surface area contributed by atoms with Gasteiger partial charge in [0, 0.05) is 0 Å². The molecule has 0 saturated heterocycles. The SMILES string of the molecule is O=C(Nc1cccc(F)c1F)Nc1cccc(F)c1F. The van der Waals surface area contributed by atoms with E-state index in [0.29, 0.717) is 0 Å². The minimum absolute atomic E-state index is 0.417. The molecule has 0 saturated carbocycles. The Morgan fingerprint density at radius 1 is 0.750 bits per heavy atom. The number of hydrogen-bond acceptors (Lipinski definition) is 1. The van der Waals surface area contributed by atoms with Crippen molar-refractivity contribution in [1.29, 1.82) is 0 Å². The van der Waals surface area contributed by atoms with Crippen LogP contribution < -0.4 is 10.6 Å². The van der Waals surface area contributed by atoms with E-state index >= 15 is 0 Å². The van der Waals surface area contributed by atoms with E-state index < -0.39 is 40.7 Å². The van der Waals surface area contributed by atoms with Crippen LogP contribution >= 0.6 is 0 Å². The molecule has 2 aromatic rings. The van der Waals surface area contributed by atoms with E-state index in [-0.39, 0.29) is 0 Å². The van der Waals surface area contributed by atoms with Gasteiger partial charge >= 0.3 is 6.03 Å². The van der Waals surface area contributed by atoms with Gasteiger partial charge in [0.2, 0.25) is 0 Å². The topological polar surface area (TPSA) is 41.1 Å². The Bertz CT molecular complexity index is 605. The predicted molar refractivity (Wildman–Crippen MR) is 65.4 cm³/mol. The predicted octanol–water partition coefficient (Wildman–Crippen LogP) is 3.89. The molecule has 104 valence electrons. The quantitative estimate of drug-likeness (QED) is 0.807. The molecule has 0 unspecified atom stereocenters. The molecular formula is C13H8F4N2O. The van der Waals surface area contributed by atoms with Crippen LogP contribution in [0.2, 0.25) is 0 Å². The number of urea groups is 1. The average Bonchev–Trinajstić information content (AvgIpc) is 2.40. The first kappa shape index (κ1) is 13.9. The maximum Gasteiger partial charge on any atom is 0.323 e. The number of carbonyl (C=O) groups is 1. The standard InChI is InChI=1S/C13H8F4N2O/c14-7-3-1-5-9(11(7)16)18-13(20)19-10-6-2-4-8(15)12(10)17/h1-6H,(H2,18,19,20). The molecular weight excluding hydrogens is 276 g/mol. The molecule has 2 N–H and O–H groups in total. The van der Waals surface area contributed by atoms with Crippen molar-refractivity contribution in [2.45, 2.75) is 0 Å². The van der Waals surface area contributed by atoms with Crippen molar-refractivity contribution in [3.63, 3.8) is 0 Å². The highest BCUT2D eigenvalue weighted by molar-refractivity contribution is 5.99. The lowest BCUT2D eigenvalue weighted by Crippen LogP contribution is -2.21. The Kier molecular flexibility index (Phi) is 3.88. The Balaban J connectivity index is 2.13. The fourth-order valence-electron chi connectivity index (χ4n) is 1.48. The summed E-state index contributed by atoms with van der Waals surface area (Å²) >= 11 is 0. The lowest BCUT2D eigenvalue weighted by Gasteiger charge is -2.09. The van der Waals surface area contributed by atoms with Crippen LogP contribution in [0.3, 0.4) is 0 Å². The third-order valence-corrected chi connectivity index (χ3v) is 2.40. The van der Waals surface area contributed by atoms with Crippen molar-refractivity contribution >= 4 is 17.4 Å². The van der Waals surface area contributed by atoms with E-state index in [0.717, 1.165) is 24.3 Å². The zero-order valence-electron chi connectivity index (χ0n) is 9.88. The summed E-state index contributed by atoms with van der Waals surface area (Å²) in [5.74, 6) is -4.77. The van der Waals surface area contributed by atoms with Gasteiger partial charge in [0.25, 0.3) is 0 Å². The molecule has 20 heavy (non-hydrogen) atoms. The molecule has 0 aliphatic heterocycles. The van der Waals surface area contributed by atoms with Crippen molar-refractivity contribution in [2.75, 3.05) is 10.6 Å². The summed E-state index contributed by atoms with van der Waals surface area (Å²) in [6.07, 6.45) is 0. The molecule has 0 aliphatic rings. The normalized spacial score (nSPS) is 10.2. The molecule has 0 aliphatic carbocycles. The maximum atomic E-state index is 13.3. The fraction of sp³-hybridized carbons (Fsp3) is 0. The van der Waals surface area contributed by atoms with Crippen molar-refractivity contribution < 1.29 is 22.4 Å². The second-order valence-electron chi connectivity index (χ2n) is 3.78. The minimum Gasteiger partial charge on any atom is -0.305 e. The molecule has 0 fully saturated rings. The summed E-state index contributed by atoms with van der Waals surface area (Å²) in [7, 11) is 0. The van der Waals surface area contributed by atoms with Gasteiger partial charge in [-0.1, -0.05) is 12.1 Å². The van der Waals surface area contributed by atoms with E-state index in [1.54, 1.807) is 0 Å². The van der Waals surface area contributed by atoms with Crippen LogP contribution in [-0.4, -0.2) is 6.03 Å². The first-order valence-corrected chi connectivity index (χ1v) is 5.45. The van der Waals surface area contributed by atoms with Crippen LogP contribution in [0.5, 0.6) is 0 Å². The molecule has 7 heteroatoms. The number of halogens is 4. The van der Waals surface area contributed by atoms with Crippen molar-refractivity contribution in [3.05, 3.63) is 59.7 Å². The maximum absolute atomic E-state index is 13.3. The third kappa shape index (κ3) is 2.87. The summed E-state index contributed by atoms with van der Waals surface area (Å²) in [6.45, 7) is 0. The smallest absolute Gasteiger partial charge is 0.305 e. The lowest BCUT2D eigenvalue weighted by molar-refractivity contribution is 0.262. The molecule has 3 nitrogen and oxygen atoms in total. The Labute approximate surface area is 111 Å². The first-order valence-electron chi connectivity index (χ1n) is 5.45. The lowest BCUT2D eigenvalue weighted by atomic mass is 10.3. The number of carbonyl (C=O) groups excluding carboxylic acids is 1. The van der Waals surface area contributed by atoms with Gasteiger partial charge in [-0.25, -0.2) is 22.4 Å². The molecule has 0 spiro atoms. The second-order valence-corrected chi connectivity index (χ2v) is 3.78. The third-order valence-electron chi connectivity index (χ3n) is 2.40. The average molecular weight is 284 g/mol. The van der Waals surface area contributed by atoms with Crippen molar-refractivity contribution in [2.24, 2.45) is 0 Å². The van der Waals surface area contributed by atoms with Gasteiger partial charge in [0.05, 0.1) is 11.4 Å². The molecule has 0 heterocycles. The van der Waals surface area contributed by atoms with E-state index in [4.69, 9.17) is 0 Å². The summed E-state index contributed by atoms with van der Waals surface area (Å²) in [5, 5.41) is 3.98. The summed E-state index contributed by atoms with van der Waals surface area (Å²) in [6, 6.07) is 5.36. The van der Waals surface area contributed by atoms with E-state index in [1.165, 1.54) is 12.1 Å². The zero-order chi connectivity index (χ0) is 14.7. The number of nitrogens with one attached hydrogen (secondary N) is 2. The Morgan fingerprint density at radius 3 is 1.55 bits per heavy atom. The monoisotopic (exact) mass is 284 g/mol. The van der Waals surface area contributed by atoms with Crippen LogP contribution in [0.25, 0.3) is 0 Å². The summed E-state index contributed by atoms with van der Waals surface area (Å²) in [5.41, 5.74) is -0.835. The highest BCUT2D eigenvalue weighted by atomic mass is 19.2. The van der Waals surface area contributed by atoms with Crippen LogP contribution in [0.4, 0.5) is 33.7 Å². The van der Waals surface area contributed by atoms with Gasteiger partial charge in [-0.3, -0.25) is 0 Å². The molecule has 2 aromatic carbocycles. The molecule has 0 aromatic heterocycles. The molecule has 2 rings (SSSR count). The minimum atomic E-state index is -1.25. The fourth-order valence-corrected chi connectivity index (χ4v) is 1.48. The van der Waals surface area contributed by atoms with Gasteiger partial charge in [-0.2, -0.15) is 0 Å². The number of rotatable bonds is 2. The van der Waals surface area contributed by atoms with Crippen molar-refractivity contribution in [3.8, 4) is 0 Å². The van der Waals surface area contributed by atoms with E-state index in [2.05, 4.69) is 0 Å².